The smallest absolute Gasteiger partial charge is 0.430 e. The zero-order valence-corrected chi connectivity index (χ0v) is 14.6. The number of carbonyl (C=O) groups is 1. The van der Waals surface area contributed by atoms with Gasteiger partial charge in [-0.3, -0.25) is 0 Å². The Morgan fingerprint density at radius 3 is 2.39 bits per heavy atom. The van der Waals surface area contributed by atoms with E-state index in [9.17, 15) is 26.7 Å². The summed E-state index contributed by atoms with van der Waals surface area (Å²) in [7, 11) is 0. The van der Waals surface area contributed by atoms with Crippen LogP contribution in [-0.4, -0.2) is 24.9 Å². The van der Waals surface area contributed by atoms with Gasteiger partial charge in [0.25, 0.3) is 0 Å². The van der Waals surface area contributed by atoms with Gasteiger partial charge in [0.15, 0.2) is 11.6 Å². The molecule has 0 amide bonds. The largest absolute Gasteiger partial charge is 0.475 e. The fourth-order valence-corrected chi connectivity index (χ4v) is 2.85. The summed E-state index contributed by atoms with van der Waals surface area (Å²) in [5.41, 5.74) is 0.649. The molecule has 148 valence electrons. The first kappa shape index (κ1) is 19.9. The number of fused-ring (bicyclic) bond motifs is 1. The topological polar surface area (TPSA) is 35.5 Å². The second-order valence-corrected chi connectivity index (χ2v) is 6.16. The molecule has 8 heteroatoms. The first-order valence-corrected chi connectivity index (χ1v) is 8.38. The Bertz CT molecular complexity index is 934. The summed E-state index contributed by atoms with van der Waals surface area (Å²) in [5.74, 6) is -3.15. The van der Waals surface area contributed by atoms with Gasteiger partial charge >= 0.3 is 12.1 Å². The van der Waals surface area contributed by atoms with E-state index in [2.05, 4.69) is 0 Å². The van der Waals surface area contributed by atoms with Crippen LogP contribution in [0, 0.1) is 11.6 Å². The van der Waals surface area contributed by atoms with Gasteiger partial charge in [-0.25, -0.2) is 13.6 Å². The molecule has 0 radical (unpaired) electrons. The van der Waals surface area contributed by atoms with Crippen molar-refractivity contribution in [3.8, 4) is 5.75 Å². The van der Waals surface area contributed by atoms with E-state index >= 15 is 0 Å². The van der Waals surface area contributed by atoms with E-state index in [0.717, 1.165) is 18.2 Å². The summed E-state index contributed by atoms with van der Waals surface area (Å²) < 4.78 is 76.2. The molecular weight excluding hydrogens is 383 g/mol. The number of benzene rings is 2. The van der Waals surface area contributed by atoms with Crippen molar-refractivity contribution in [2.75, 3.05) is 6.61 Å². The Balaban J connectivity index is 1.93. The van der Waals surface area contributed by atoms with Crippen molar-refractivity contribution in [3.05, 3.63) is 70.3 Å². The molecule has 2 aromatic rings. The predicted molar refractivity (Wildman–Crippen MR) is 90.7 cm³/mol. The van der Waals surface area contributed by atoms with Gasteiger partial charge in [0.05, 0.1) is 12.2 Å². The second-order valence-electron chi connectivity index (χ2n) is 6.16. The molecule has 3 nitrogen and oxygen atoms in total. The maximum Gasteiger partial charge on any atom is 0.430 e. The lowest BCUT2D eigenvalue weighted by atomic mass is 9.97. The monoisotopic (exact) mass is 398 g/mol. The van der Waals surface area contributed by atoms with Crippen molar-refractivity contribution in [3.63, 3.8) is 0 Å². The van der Waals surface area contributed by atoms with Crippen LogP contribution in [0.3, 0.4) is 0 Å². The molecular formula is C20H15F5O3. The Morgan fingerprint density at radius 2 is 1.75 bits per heavy atom. The van der Waals surface area contributed by atoms with E-state index in [4.69, 9.17) is 9.47 Å². The third-order valence-corrected chi connectivity index (χ3v) is 4.12. The van der Waals surface area contributed by atoms with Gasteiger partial charge in [-0.2, -0.15) is 13.2 Å². The molecule has 0 aliphatic carbocycles. The lowest BCUT2D eigenvalue weighted by Gasteiger charge is -2.28. The van der Waals surface area contributed by atoms with Crippen LogP contribution < -0.4 is 4.74 Å². The minimum atomic E-state index is -4.81. The van der Waals surface area contributed by atoms with Crippen molar-refractivity contribution in [2.45, 2.75) is 25.6 Å². The molecule has 28 heavy (non-hydrogen) atoms. The van der Waals surface area contributed by atoms with Gasteiger partial charge in [0.1, 0.15) is 5.75 Å². The first-order valence-electron chi connectivity index (χ1n) is 8.38. The highest BCUT2D eigenvalue weighted by atomic mass is 19.4. The van der Waals surface area contributed by atoms with Gasteiger partial charge in [-0.1, -0.05) is 18.2 Å². The van der Waals surface area contributed by atoms with Crippen molar-refractivity contribution >= 4 is 12.0 Å². The molecule has 1 heterocycles. The van der Waals surface area contributed by atoms with Crippen LogP contribution in [0.15, 0.2) is 42.0 Å². The molecule has 0 fully saturated rings. The number of carbonyl (C=O) groups excluding carboxylic acids is 1. The average Bonchev–Trinajstić information content (AvgIpc) is 2.63. The minimum Gasteiger partial charge on any atom is -0.475 e. The lowest BCUT2D eigenvalue weighted by molar-refractivity contribution is -0.187. The molecule has 0 bridgehead atoms. The van der Waals surface area contributed by atoms with Crippen LogP contribution in [0.4, 0.5) is 22.0 Å². The highest BCUT2D eigenvalue weighted by Crippen LogP contribution is 2.38. The molecule has 0 aromatic heterocycles. The van der Waals surface area contributed by atoms with E-state index in [1.54, 1.807) is 6.07 Å². The number of esters is 1. The van der Waals surface area contributed by atoms with Crippen molar-refractivity contribution in [2.24, 2.45) is 0 Å². The SMILES string of the molecule is CCOC(=O)C1=Cc2ccc(Cc3ccc(F)c(F)c3)cc2OC1C(F)(F)F. The third-order valence-electron chi connectivity index (χ3n) is 4.12. The van der Waals surface area contributed by atoms with E-state index < -0.39 is 35.5 Å². The number of alkyl halides is 3. The maximum atomic E-state index is 13.4. The van der Waals surface area contributed by atoms with Crippen LogP contribution in [0.1, 0.15) is 23.6 Å². The molecule has 1 aliphatic heterocycles. The van der Waals surface area contributed by atoms with Crippen LogP contribution in [0.5, 0.6) is 5.75 Å². The average molecular weight is 398 g/mol. The number of ether oxygens (including phenoxy) is 2. The Kier molecular flexibility index (Phi) is 5.40. The Morgan fingerprint density at radius 1 is 1.07 bits per heavy atom. The van der Waals surface area contributed by atoms with Crippen LogP contribution in [0.2, 0.25) is 0 Å². The lowest BCUT2D eigenvalue weighted by Crippen LogP contribution is -2.40. The molecule has 3 rings (SSSR count). The van der Waals surface area contributed by atoms with Gasteiger partial charge in [0.2, 0.25) is 6.10 Å². The van der Waals surface area contributed by atoms with Gasteiger partial charge in [-0.15, -0.1) is 0 Å². The molecule has 1 atom stereocenters. The van der Waals surface area contributed by atoms with E-state index in [-0.39, 0.29) is 24.3 Å². The third kappa shape index (κ3) is 4.16. The highest BCUT2D eigenvalue weighted by molar-refractivity contribution is 5.96. The predicted octanol–water partition coefficient (Wildman–Crippen LogP) is 4.83. The molecule has 1 unspecified atom stereocenters. The zero-order chi connectivity index (χ0) is 20.5. The second kappa shape index (κ2) is 7.61. The summed E-state index contributed by atoms with van der Waals surface area (Å²) in [4.78, 5) is 11.9. The van der Waals surface area contributed by atoms with Crippen molar-refractivity contribution < 1.29 is 36.2 Å². The standard InChI is InChI=1S/C20H15F5O3/c1-2-27-19(26)14-10-13-5-3-12(7-11-4-6-15(21)16(22)8-11)9-17(13)28-18(14)20(23,24)25/h3-6,8-10,18H,2,7H2,1H3. The normalized spacial score (nSPS) is 16.1. The molecule has 0 saturated heterocycles. The fourth-order valence-electron chi connectivity index (χ4n) is 2.85. The molecule has 0 saturated carbocycles. The summed E-state index contributed by atoms with van der Waals surface area (Å²) in [5, 5.41) is 0. The zero-order valence-electron chi connectivity index (χ0n) is 14.6. The number of rotatable bonds is 4. The molecule has 0 spiro atoms. The fraction of sp³-hybridized carbons (Fsp3) is 0.250. The number of hydrogen-bond acceptors (Lipinski definition) is 3. The van der Waals surface area contributed by atoms with Crippen molar-refractivity contribution in [1.29, 1.82) is 0 Å². The van der Waals surface area contributed by atoms with Gasteiger partial charge < -0.3 is 9.47 Å². The van der Waals surface area contributed by atoms with E-state index in [1.807, 2.05) is 0 Å². The summed E-state index contributed by atoms with van der Waals surface area (Å²) in [6, 6.07) is 7.87. The van der Waals surface area contributed by atoms with Crippen LogP contribution in [-0.2, 0) is 16.0 Å². The van der Waals surface area contributed by atoms with Crippen LogP contribution in [0.25, 0.3) is 6.08 Å². The Labute approximate surface area is 157 Å². The van der Waals surface area contributed by atoms with Crippen LogP contribution >= 0.6 is 0 Å². The maximum absolute atomic E-state index is 13.4. The summed E-state index contributed by atoms with van der Waals surface area (Å²) in [6.07, 6.45) is -6.00. The molecule has 0 N–H and O–H groups in total. The van der Waals surface area contributed by atoms with E-state index in [0.29, 0.717) is 11.1 Å². The summed E-state index contributed by atoms with van der Waals surface area (Å²) >= 11 is 0. The first-order chi connectivity index (χ1) is 13.2. The van der Waals surface area contributed by atoms with E-state index in [1.165, 1.54) is 25.1 Å². The molecule has 1 aliphatic rings. The van der Waals surface area contributed by atoms with Crippen molar-refractivity contribution in [1.82, 2.24) is 0 Å². The van der Waals surface area contributed by atoms with Gasteiger partial charge in [-0.05, 0) is 48.7 Å². The number of halogens is 5. The number of hydrogen-bond donors (Lipinski definition) is 0. The quantitative estimate of drug-likeness (QED) is 0.547. The summed E-state index contributed by atoms with van der Waals surface area (Å²) in [6.45, 7) is 1.42. The highest BCUT2D eigenvalue weighted by Gasteiger charge is 2.48. The Hall–Kier alpha value is -2.90. The van der Waals surface area contributed by atoms with Gasteiger partial charge in [0, 0.05) is 5.56 Å². The minimum absolute atomic E-state index is 0.0598. The molecule has 2 aromatic carbocycles.